The Morgan fingerprint density at radius 1 is 1.53 bits per heavy atom. The van der Waals surface area contributed by atoms with E-state index in [9.17, 15) is 0 Å². The minimum Gasteiger partial charge on any atom is -0.471 e. The highest BCUT2D eigenvalue weighted by Gasteiger charge is 2.12. The van der Waals surface area contributed by atoms with Crippen molar-refractivity contribution in [3.05, 3.63) is 18.1 Å². The lowest BCUT2D eigenvalue weighted by Gasteiger charge is -2.14. The monoisotopic (exact) mass is 227 g/mol. The molecule has 1 aromatic heterocycles. The molecule has 15 heavy (non-hydrogen) atoms. The molecule has 0 amide bonds. The van der Waals surface area contributed by atoms with Gasteiger partial charge in [-0.05, 0) is 6.92 Å². The van der Waals surface area contributed by atoms with Crippen LogP contribution in [0.5, 0.6) is 5.88 Å². The van der Waals surface area contributed by atoms with Crippen LogP contribution >= 0.6 is 12.2 Å². The van der Waals surface area contributed by atoms with Gasteiger partial charge in [0.25, 0.3) is 0 Å². The standard InChI is InChI=1S/C9H13N3O2S/c1-6(5-13-2)14-9-7(8(10)15)11-3-4-12-9/h3-4,6H,5H2,1-2H3,(H2,10,15). The number of aromatic nitrogens is 2. The fourth-order valence-electron chi connectivity index (χ4n) is 1.04. The van der Waals surface area contributed by atoms with Crippen molar-refractivity contribution in [3.63, 3.8) is 0 Å². The minimum absolute atomic E-state index is 0.125. The van der Waals surface area contributed by atoms with E-state index in [0.717, 1.165) is 0 Å². The second-order valence-electron chi connectivity index (χ2n) is 2.96. The largest absolute Gasteiger partial charge is 0.471 e. The normalized spacial score (nSPS) is 12.1. The van der Waals surface area contributed by atoms with E-state index in [1.54, 1.807) is 7.11 Å². The molecule has 1 aromatic rings. The Morgan fingerprint density at radius 3 is 2.80 bits per heavy atom. The second kappa shape index (κ2) is 5.57. The van der Waals surface area contributed by atoms with Crippen LogP contribution in [0.2, 0.25) is 0 Å². The van der Waals surface area contributed by atoms with Crippen LogP contribution in [0.25, 0.3) is 0 Å². The first kappa shape index (κ1) is 11.8. The van der Waals surface area contributed by atoms with E-state index in [1.165, 1.54) is 12.4 Å². The molecule has 1 rings (SSSR count). The van der Waals surface area contributed by atoms with Gasteiger partial charge in [0.1, 0.15) is 11.1 Å². The Morgan fingerprint density at radius 2 is 2.20 bits per heavy atom. The smallest absolute Gasteiger partial charge is 0.243 e. The Bertz CT molecular complexity index is 346. The summed E-state index contributed by atoms with van der Waals surface area (Å²) in [6.07, 6.45) is 2.92. The van der Waals surface area contributed by atoms with Crippen LogP contribution in [0, 0.1) is 0 Å². The highest BCUT2D eigenvalue weighted by Crippen LogP contribution is 2.12. The molecule has 1 atom stereocenters. The van der Waals surface area contributed by atoms with E-state index in [-0.39, 0.29) is 11.1 Å². The van der Waals surface area contributed by atoms with Crippen LogP contribution in [0.4, 0.5) is 0 Å². The van der Waals surface area contributed by atoms with Gasteiger partial charge >= 0.3 is 0 Å². The number of hydrogen-bond acceptors (Lipinski definition) is 5. The molecule has 0 saturated carbocycles. The van der Waals surface area contributed by atoms with Crippen molar-refractivity contribution in [1.82, 2.24) is 9.97 Å². The summed E-state index contributed by atoms with van der Waals surface area (Å²) in [7, 11) is 1.60. The third kappa shape index (κ3) is 3.41. The highest BCUT2D eigenvalue weighted by atomic mass is 32.1. The maximum Gasteiger partial charge on any atom is 0.243 e. The molecule has 0 saturated heterocycles. The van der Waals surface area contributed by atoms with Gasteiger partial charge < -0.3 is 15.2 Å². The Labute approximate surface area is 93.6 Å². The molecule has 0 aliphatic rings. The Hall–Kier alpha value is -1.27. The van der Waals surface area contributed by atoms with Gasteiger partial charge in [0.15, 0.2) is 5.69 Å². The molecule has 0 aromatic carbocycles. The van der Waals surface area contributed by atoms with Crippen molar-refractivity contribution >= 4 is 17.2 Å². The van der Waals surface area contributed by atoms with Gasteiger partial charge in [-0.3, -0.25) is 0 Å². The van der Waals surface area contributed by atoms with Gasteiger partial charge in [0, 0.05) is 19.5 Å². The molecular weight excluding hydrogens is 214 g/mol. The van der Waals surface area contributed by atoms with Gasteiger partial charge in [0.2, 0.25) is 5.88 Å². The third-order valence-corrected chi connectivity index (χ3v) is 1.81. The number of methoxy groups -OCH3 is 1. The number of nitrogens with two attached hydrogens (primary N) is 1. The lowest BCUT2D eigenvalue weighted by atomic mass is 10.4. The Kier molecular flexibility index (Phi) is 4.38. The summed E-state index contributed by atoms with van der Waals surface area (Å²) in [4.78, 5) is 8.18. The molecule has 1 heterocycles. The van der Waals surface area contributed by atoms with Gasteiger partial charge in [-0.1, -0.05) is 12.2 Å². The van der Waals surface area contributed by atoms with E-state index >= 15 is 0 Å². The minimum atomic E-state index is -0.125. The van der Waals surface area contributed by atoms with Crippen LogP contribution in [-0.4, -0.2) is 34.8 Å². The van der Waals surface area contributed by atoms with Crippen LogP contribution < -0.4 is 10.5 Å². The average molecular weight is 227 g/mol. The van der Waals surface area contributed by atoms with E-state index < -0.39 is 0 Å². The van der Waals surface area contributed by atoms with Crippen molar-refractivity contribution < 1.29 is 9.47 Å². The maximum atomic E-state index is 5.48. The summed E-state index contributed by atoms with van der Waals surface area (Å²) in [6.45, 7) is 2.33. The summed E-state index contributed by atoms with van der Waals surface area (Å²) in [6, 6.07) is 0. The predicted molar refractivity (Wildman–Crippen MR) is 59.9 cm³/mol. The van der Waals surface area contributed by atoms with Crippen LogP contribution in [0.1, 0.15) is 12.6 Å². The van der Waals surface area contributed by atoms with E-state index in [1.807, 2.05) is 6.92 Å². The fraction of sp³-hybridized carbons (Fsp3) is 0.444. The molecule has 1 unspecified atom stereocenters. The summed E-state index contributed by atoms with van der Waals surface area (Å²) >= 11 is 4.83. The number of hydrogen-bond donors (Lipinski definition) is 1. The predicted octanol–water partition coefficient (Wildman–Crippen LogP) is 0.525. The van der Waals surface area contributed by atoms with Gasteiger partial charge in [0.05, 0.1) is 6.61 Å². The molecule has 6 heteroatoms. The van der Waals surface area contributed by atoms with Crippen molar-refractivity contribution in [3.8, 4) is 5.88 Å². The van der Waals surface area contributed by atoms with E-state index in [2.05, 4.69) is 9.97 Å². The zero-order valence-corrected chi connectivity index (χ0v) is 9.45. The zero-order chi connectivity index (χ0) is 11.3. The molecule has 0 bridgehead atoms. The van der Waals surface area contributed by atoms with Gasteiger partial charge in [-0.2, -0.15) is 0 Å². The lowest BCUT2D eigenvalue weighted by molar-refractivity contribution is 0.0885. The van der Waals surface area contributed by atoms with Crippen LogP contribution in [0.3, 0.4) is 0 Å². The fourth-order valence-corrected chi connectivity index (χ4v) is 1.18. The van der Waals surface area contributed by atoms with Crippen molar-refractivity contribution in [2.75, 3.05) is 13.7 Å². The zero-order valence-electron chi connectivity index (χ0n) is 8.64. The van der Waals surface area contributed by atoms with Crippen LogP contribution in [0.15, 0.2) is 12.4 Å². The topological polar surface area (TPSA) is 70.3 Å². The van der Waals surface area contributed by atoms with Gasteiger partial charge in [-0.15, -0.1) is 0 Å². The van der Waals surface area contributed by atoms with Crippen molar-refractivity contribution in [2.24, 2.45) is 5.73 Å². The molecule has 0 aliphatic heterocycles. The number of nitrogens with zero attached hydrogens (tertiary/aromatic N) is 2. The quantitative estimate of drug-likeness (QED) is 0.740. The molecule has 0 fully saturated rings. The van der Waals surface area contributed by atoms with Crippen LogP contribution in [-0.2, 0) is 4.74 Å². The van der Waals surface area contributed by atoms with E-state index in [0.29, 0.717) is 18.2 Å². The molecular formula is C9H13N3O2S. The summed E-state index contributed by atoms with van der Waals surface area (Å²) in [5.41, 5.74) is 5.88. The molecule has 0 radical (unpaired) electrons. The summed E-state index contributed by atoms with van der Waals surface area (Å²) < 4.78 is 10.4. The SMILES string of the molecule is COCC(C)Oc1nccnc1C(N)=S. The first-order chi connectivity index (χ1) is 7.15. The van der Waals surface area contributed by atoms with Crippen molar-refractivity contribution in [2.45, 2.75) is 13.0 Å². The van der Waals surface area contributed by atoms with E-state index in [4.69, 9.17) is 27.4 Å². The lowest BCUT2D eigenvalue weighted by Crippen LogP contribution is -2.22. The Balaban J connectivity index is 2.79. The van der Waals surface area contributed by atoms with Gasteiger partial charge in [-0.25, -0.2) is 9.97 Å². The highest BCUT2D eigenvalue weighted by molar-refractivity contribution is 7.80. The molecule has 0 spiro atoms. The number of rotatable bonds is 5. The molecule has 0 aliphatic carbocycles. The molecule has 5 nitrogen and oxygen atoms in total. The average Bonchev–Trinajstić information content (AvgIpc) is 2.18. The third-order valence-electron chi connectivity index (χ3n) is 1.61. The number of ether oxygens (including phenoxy) is 2. The first-order valence-electron chi connectivity index (χ1n) is 4.41. The second-order valence-corrected chi connectivity index (χ2v) is 3.40. The molecule has 2 N–H and O–H groups in total. The summed E-state index contributed by atoms with van der Waals surface area (Å²) in [5, 5.41) is 0. The molecule has 82 valence electrons. The van der Waals surface area contributed by atoms with Crippen molar-refractivity contribution in [1.29, 1.82) is 0 Å². The number of thiocarbonyl (C=S) groups is 1. The summed E-state index contributed by atoms with van der Waals surface area (Å²) in [5.74, 6) is 0.342. The maximum absolute atomic E-state index is 5.48. The first-order valence-corrected chi connectivity index (χ1v) is 4.82.